The van der Waals surface area contributed by atoms with Gasteiger partial charge in [0.1, 0.15) is 6.04 Å². The van der Waals surface area contributed by atoms with Crippen LogP contribution >= 0.6 is 11.6 Å². The summed E-state index contributed by atoms with van der Waals surface area (Å²) in [5.41, 5.74) is 4.16. The summed E-state index contributed by atoms with van der Waals surface area (Å²) in [6, 6.07) is 15.8. The van der Waals surface area contributed by atoms with Gasteiger partial charge in [-0.05, 0) is 44.2 Å². The Labute approximate surface area is 139 Å². The highest BCUT2D eigenvalue weighted by atomic mass is 35.5. The summed E-state index contributed by atoms with van der Waals surface area (Å²) in [7, 11) is 0. The van der Waals surface area contributed by atoms with Gasteiger partial charge in [0, 0.05) is 21.9 Å². The van der Waals surface area contributed by atoms with Crippen LogP contribution in [0.5, 0.6) is 0 Å². The van der Waals surface area contributed by atoms with E-state index < -0.39 is 0 Å². The molecule has 5 heteroatoms. The molecule has 0 fully saturated rings. The van der Waals surface area contributed by atoms with E-state index in [2.05, 4.69) is 26.9 Å². The van der Waals surface area contributed by atoms with Crippen molar-refractivity contribution in [2.45, 2.75) is 19.9 Å². The van der Waals surface area contributed by atoms with Crippen LogP contribution in [0.1, 0.15) is 31.3 Å². The minimum Gasteiger partial charge on any atom is -0.278 e. The van der Waals surface area contributed by atoms with Gasteiger partial charge in [0.15, 0.2) is 11.6 Å². The van der Waals surface area contributed by atoms with Gasteiger partial charge >= 0.3 is 0 Å². The predicted octanol–water partition coefficient (Wildman–Crippen LogP) is 4.47. The summed E-state index contributed by atoms with van der Waals surface area (Å²) >= 11 is 6.00. The van der Waals surface area contributed by atoms with E-state index in [0.29, 0.717) is 5.02 Å². The number of hydrogen-bond donors (Lipinski definition) is 0. The van der Waals surface area contributed by atoms with E-state index >= 15 is 0 Å². The van der Waals surface area contributed by atoms with Gasteiger partial charge in [-0.15, -0.1) is 10.2 Å². The lowest BCUT2D eigenvalue weighted by Crippen LogP contribution is -2.05. The number of halogens is 1. The Bertz CT molecular complexity index is 909. The van der Waals surface area contributed by atoms with Gasteiger partial charge in [-0.2, -0.15) is 0 Å². The van der Waals surface area contributed by atoms with Crippen LogP contribution in [-0.2, 0) is 0 Å². The van der Waals surface area contributed by atoms with Gasteiger partial charge in [-0.1, -0.05) is 29.8 Å². The van der Waals surface area contributed by atoms with Crippen LogP contribution < -0.4 is 0 Å². The average molecular weight is 323 g/mol. The van der Waals surface area contributed by atoms with E-state index in [0.717, 1.165) is 34.2 Å². The minimum atomic E-state index is -0.0454. The van der Waals surface area contributed by atoms with Crippen LogP contribution in [0.15, 0.2) is 53.5 Å². The number of benzene rings is 2. The number of rotatable bonds is 1. The van der Waals surface area contributed by atoms with E-state index in [1.807, 2.05) is 50.2 Å². The third-order valence-electron chi connectivity index (χ3n) is 4.09. The lowest BCUT2D eigenvalue weighted by Gasteiger charge is -2.12. The predicted molar refractivity (Wildman–Crippen MR) is 92.4 cm³/mol. The van der Waals surface area contributed by atoms with Crippen molar-refractivity contribution < 1.29 is 0 Å². The second kappa shape index (κ2) is 5.32. The molecule has 0 aliphatic carbocycles. The van der Waals surface area contributed by atoms with Gasteiger partial charge in [0.2, 0.25) is 0 Å². The van der Waals surface area contributed by atoms with E-state index in [-0.39, 0.29) is 6.04 Å². The molecule has 2 heterocycles. The van der Waals surface area contributed by atoms with Gasteiger partial charge in [-0.3, -0.25) is 9.56 Å². The average Bonchev–Trinajstić information content (AvgIpc) is 2.96. The molecule has 1 unspecified atom stereocenters. The smallest absolute Gasteiger partial charge is 0.168 e. The first-order valence-corrected chi connectivity index (χ1v) is 7.88. The fourth-order valence-corrected chi connectivity index (χ4v) is 3.11. The highest BCUT2D eigenvalue weighted by Crippen LogP contribution is 2.32. The van der Waals surface area contributed by atoms with Crippen molar-refractivity contribution in [3.8, 4) is 17.1 Å². The van der Waals surface area contributed by atoms with Crippen LogP contribution in [0.3, 0.4) is 0 Å². The van der Waals surface area contributed by atoms with E-state index in [4.69, 9.17) is 16.6 Å². The summed E-state index contributed by atoms with van der Waals surface area (Å²) in [4.78, 5) is 4.75. The Morgan fingerprint density at radius 3 is 2.52 bits per heavy atom. The molecule has 114 valence electrons. The van der Waals surface area contributed by atoms with Crippen molar-refractivity contribution in [1.82, 2.24) is 14.8 Å². The number of aliphatic imine (C=N–C) groups is 1. The SMILES string of the molecule is CC1=NC(C)c2nnc(-c3ccc(Cl)cc3)n2-c2ccccc21. The van der Waals surface area contributed by atoms with Gasteiger partial charge in [-0.25, -0.2) is 0 Å². The number of fused-ring (bicyclic) bond motifs is 3. The van der Waals surface area contributed by atoms with Crippen molar-refractivity contribution >= 4 is 17.3 Å². The molecule has 4 nitrogen and oxygen atoms in total. The number of para-hydroxylation sites is 1. The standard InChI is InChI=1S/C18H15ClN4/c1-11-15-5-3-4-6-16(15)23-17(12(2)20-11)21-22-18(23)13-7-9-14(19)10-8-13/h3-10,12H,1-2H3. The molecule has 0 radical (unpaired) electrons. The third-order valence-corrected chi connectivity index (χ3v) is 4.34. The summed E-state index contributed by atoms with van der Waals surface area (Å²) < 4.78 is 2.10. The summed E-state index contributed by atoms with van der Waals surface area (Å²) in [6.07, 6.45) is 0. The zero-order valence-corrected chi connectivity index (χ0v) is 13.6. The Morgan fingerprint density at radius 2 is 1.74 bits per heavy atom. The molecular weight excluding hydrogens is 308 g/mol. The monoisotopic (exact) mass is 322 g/mol. The molecule has 0 saturated carbocycles. The highest BCUT2D eigenvalue weighted by molar-refractivity contribution is 6.30. The minimum absolute atomic E-state index is 0.0454. The Morgan fingerprint density at radius 1 is 1.00 bits per heavy atom. The van der Waals surface area contributed by atoms with Crippen molar-refractivity contribution in [2.75, 3.05) is 0 Å². The lowest BCUT2D eigenvalue weighted by molar-refractivity contribution is 0.724. The normalized spacial score (nSPS) is 16.3. The number of hydrogen-bond acceptors (Lipinski definition) is 3. The first-order valence-electron chi connectivity index (χ1n) is 7.50. The quantitative estimate of drug-likeness (QED) is 0.663. The zero-order chi connectivity index (χ0) is 16.0. The summed E-state index contributed by atoms with van der Waals surface area (Å²) in [5, 5.41) is 9.52. The van der Waals surface area contributed by atoms with E-state index in [1.54, 1.807) is 0 Å². The maximum atomic E-state index is 6.00. The van der Waals surface area contributed by atoms with Gasteiger partial charge in [0.05, 0.1) is 5.69 Å². The van der Waals surface area contributed by atoms with E-state index in [1.165, 1.54) is 0 Å². The fourth-order valence-electron chi connectivity index (χ4n) is 2.98. The molecule has 2 aromatic carbocycles. The second-order valence-electron chi connectivity index (χ2n) is 5.63. The van der Waals surface area contributed by atoms with Gasteiger partial charge in [0.25, 0.3) is 0 Å². The zero-order valence-electron chi connectivity index (χ0n) is 12.9. The highest BCUT2D eigenvalue weighted by Gasteiger charge is 2.24. The Balaban J connectivity index is 2.01. The first-order chi connectivity index (χ1) is 11.1. The van der Waals surface area contributed by atoms with Crippen LogP contribution in [0, 0.1) is 0 Å². The van der Waals surface area contributed by atoms with Crippen LogP contribution in [0.4, 0.5) is 0 Å². The molecule has 0 bridgehead atoms. The molecule has 3 aromatic rings. The van der Waals surface area contributed by atoms with Crippen molar-refractivity contribution in [2.24, 2.45) is 4.99 Å². The molecule has 0 saturated heterocycles. The lowest BCUT2D eigenvalue weighted by atomic mass is 10.1. The van der Waals surface area contributed by atoms with Crippen LogP contribution in [0.2, 0.25) is 5.02 Å². The molecule has 1 aliphatic rings. The van der Waals surface area contributed by atoms with Gasteiger partial charge < -0.3 is 0 Å². The molecule has 4 rings (SSSR count). The Hall–Kier alpha value is -2.46. The fraction of sp³-hybridized carbons (Fsp3) is 0.167. The second-order valence-corrected chi connectivity index (χ2v) is 6.07. The topological polar surface area (TPSA) is 43.1 Å². The van der Waals surface area contributed by atoms with Crippen LogP contribution in [-0.4, -0.2) is 20.5 Å². The number of aromatic nitrogens is 3. The largest absolute Gasteiger partial charge is 0.278 e. The summed E-state index contributed by atoms with van der Waals surface area (Å²) in [5.74, 6) is 1.65. The molecule has 1 aromatic heterocycles. The molecular formula is C18H15ClN4. The molecule has 0 N–H and O–H groups in total. The molecule has 1 aliphatic heterocycles. The van der Waals surface area contributed by atoms with Crippen molar-refractivity contribution in [3.63, 3.8) is 0 Å². The van der Waals surface area contributed by atoms with Crippen LogP contribution in [0.25, 0.3) is 17.1 Å². The number of nitrogens with zero attached hydrogens (tertiary/aromatic N) is 4. The van der Waals surface area contributed by atoms with Crippen molar-refractivity contribution in [1.29, 1.82) is 0 Å². The Kier molecular flexibility index (Phi) is 3.27. The first kappa shape index (κ1) is 14.2. The molecule has 23 heavy (non-hydrogen) atoms. The maximum absolute atomic E-state index is 6.00. The molecule has 0 amide bonds. The molecule has 1 atom stereocenters. The molecule has 0 spiro atoms. The van der Waals surface area contributed by atoms with Crippen molar-refractivity contribution in [3.05, 3.63) is 64.9 Å². The summed E-state index contributed by atoms with van der Waals surface area (Å²) in [6.45, 7) is 4.08. The van der Waals surface area contributed by atoms with E-state index in [9.17, 15) is 0 Å². The maximum Gasteiger partial charge on any atom is 0.168 e. The third kappa shape index (κ3) is 2.26.